The van der Waals surface area contributed by atoms with Crippen LogP contribution in [0.3, 0.4) is 0 Å². The number of carbonyl (C=O) groups excluding carboxylic acids is 1. The molecule has 1 N–H and O–H groups in total. The summed E-state index contributed by atoms with van der Waals surface area (Å²) in [4.78, 5) is 11.0. The van der Waals surface area contributed by atoms with E-state index >= 15 is 0 Å². The van der Waals surface area contributed by atoms with Crippen molar-refractivity contribution in [2.24, 2.45) is 17.8 Å². The van der Waals surface area contributed by atoms with Crippen molar-refractivity contribution in [2.45, 2.75) is 12.5 Å². The molecular weight excluding hydrogens is 126 g/mol. The smallest absolute Gasteiger partial charge is 0.226 e. The molecule has 0 unspecified atom stereocenters. The number of carbonyl (C=O) groups is 1. The molecule has 1 aliphatic heterocycles. The Morgan fingerprint density at radius 1 is 1.40 bits per heavy atom. The molecule has 3 rings (SSSR count). The van der Waals surface area contributed by atoms with E-state index in [1.54, 1.807) is 0 Å². The first-order valence-corrected chi connectivity index (χ1v) is 3.85. The SMILES string of the molecule is O=C1N[C@H]2[C@H]1[C@@H]1C=C[C@@H]2C1. The molecule has 0 radical (unpaired) electrons. The van der Waals surface area contributed by atoms with Crippen LogP contribution in [0.15, 0.2) is 12.2 Å². The topological polar surface area (TPSA) is 29.1 Å². The number of rotatable bonds is 0. The summed E-state index contributed by atoms with van der Waals surface area (Å²) in [5.74, 6) is 1.90. The van der Waals surface area contributed by atoms with Gasteiger partial charge in [-0.05, 0) is 18.3 Å². The van der Waals surface area contributed by atoms with Crippen LogP contribution in [0.4, 0.5) is 0 Å². The molecule has 52 valence electrons. The van der Waals surface area contributed by atoms with Crippen molar-refractivity contribution in [3.8, 4) is 0 Å². The first kappa shape index (κ1) is 4.94. The summed E-state index contributed by atoms with van der Waals surface area (Å²) in [6.45, 7) is 0. The number of nitrogens with one attached hydrogen (secondary N) is 1. The summed E-state index contributed by atoms with van der Waals surface area (Å²) >= 11 is 0. The molecule has 0 spiro atoms. The van der Waals surface area contributed by atoms with Crippen LogP contribution in [0.25, 0.3) is 0 Å². The van der Waals surface area contributed by atoms with Crippen molar-refractivity contribution in [2.75, 3.05) is 0 Å². The zero-order valence-corrected chi connectivity index (χ0v) is 5.58. The van der Waals surface area contributed by atoms with E-state index in [1.165, 1.54) is 6.42 Å². The molecule has 1 saturated heterocycles. The zero-order valence-electron chi connectivity index (χ0n) is 5.58. The number of allylic oxidation sites excluding steroid dienone is 1. The lowest BCUT2D eigenvalue weighted by Gasteiger charge is -2.37. The van der Waals surface area contributed by atoms with E-state index < -0.39 is 0 Å². The Morgan fingerprint density at radius 3 is 2.80 bits per heavy atom. The lowest BCUT2D eigenvalue weighted by molar-refractivity contribution is -0.135. The van der Waals surface area contributed by atoms with Gasteiger partial charge in [0, 0.05) is 6.04 Å². The van der Waals surface area contributed by atoms with Gasteiger partial charge in [0.1, 0.15) is 0 Å². The Bertz CT molecular complexity index is 233. The van der Waals surface area contributed by atoms with Crippen molar-refractivity contribution in [3.05, 3.63) is 12.2 Å². The lowest BCUT2D eigenvalue weighted by Crippen LogP contribution is -2.59. The van der Waals surface area contributed by atoms with Crippen LogP contribution >= 0.6 is 0 Å². The Labute approximate surface area is 59.3 Å². The van der Waals surface area contributed by atoms with Gasteiger partial charge in [0.25, 0.3) is 0 Å². The molecule has 4 atom stereocenters. The van der Waals surface area contributed by atoms with Gasteiger partial charge in [-0.15, -0.1) is 0 Å². The second-order valence-corrected chi connectivity index (χ2v) is 3.51. The van der Waals surface area contributed by atoms with Crippen LogP contribution in [-0.2, 0) is 4.79 Å². The Balaban J connectivity index is 2.03. The summed E-state index contributed by atoms with van der Waals surface area (Å²) in [6, 6.07) is 0.516. The van der Waals surface area contributed by atoms with E-state index in [0.29, 0.717) is 23.8 Å². The standard InChI is InChI=1S/C8H9NO/c10-8-6-4-1-2-5(3-4)7(6)9-8/h1-2,4-7H,3H2,(H,9,10)/t4-,5-,6-,7-/m1/s1. The van der Waals surface area contributed by atoms with E-state index in [-0.39, 0.29) is 5.91 Å². The van der Waals surface area contributed by atoms with Gasteiger partial charge < -0.3 is 5.32 Å². The fourth-order valence-electron chi connectivity index (χ4n) is 2.54. The minimum absolute atomic E-state index is 0.279. The molecule has 2 aliphatic carbocycles. The van der Waals surface area contributed by atoms with Crippen LogP contribution in [0, 0.1) is 17.8 Å². The van der Waals surface area contributed by atoms with Gasteiger partial charge in [-0.2, -0.15) is 0 Å². The zero-order chi connectivity index (χ0) is 6.72. The number of fused-ring (bicyclic) bond motifs is 5. The highest BCUT2D eigenvalue weighted by atomic mass is 16.2. The van der Waals surface area contributed by atoms with Crippen molar-refractivity contribution in [3.63, 3.8) is 0 Å². The van der Waals surface area contributed by atoms with Crippen LogP contribution in [0.1, 0.15) is 6.42 Å². The van der Waals surface area contributed by atoms with Gasteiger partial charge in [-0.3, -0.25) is 4.79 Å². The van der Waals surface area contributed by atoms with Gasteiger partial charge in [-0.25, -0.2) is 0 Å². The van der Waals surface area contributed by atoms with E-state index in [2.05, 4.69) is 17.5 Å². The minimum Gasteiger partial charge on any atom is -0.352 e. The molecule has 2 heteroatoms. The van der Waals surface area contributed by atoms with Gasteiger partial charge in [0.2, 0.25) is 5.91 Å². The number of hydrogen-bond acceptors (Lipinski definition) is 1. The second kappa shape index (κ2) is 1.29. The summed E-state index contributed by atoms with van der Waals surface area (Å²) in [5, 5.41) is 2.95. The van der Waals surface area contributed by atoms with Gasteiger partial charge in [-0.1, -0.05) is 12.2 Å². The highest BCUT2D eigenvalue weighted by molar-refractivity contribution is 5.87. The molecule has 1 heterocycles. The molecule has 2 fully saturated rings. The Morgan fingerprint density at radius 2 is 2.20 bits per heavy atom. The molecule has 2 nitrogen and oxygen atoms in total. The van der Waals surface area contributed by atoms with E-state index in [9.17, 15) is 4.79 Å². The summed E-state index contributed by atoms with van der Waals surface area (Å²) in [5.41, 5.74) is 0. The Kier molecular flexibility index (Phi) is 0.636. The number of β-lactam (4-membered cyclic amide) rings is 1. The van der Waals surface area contributed by atoms with Gasteiger partial charge in [0.05, 0.1) is 5.92 Å². The average molecular weight is 135 g/mol. The fourth-order valence-corrected chi connectivity index (χ4v) is 2.54. The molecule has 0 aromatic heterocycles. The maximum absolute atomic E-state index is 11.0. The average Bonchev–Trinajstić information content (AvgIpc) is 2.40. The minimum atomic E-state index is 0.279. The first-order valence-electron chi connectivity index (χ1n) is 3.85. The molecule has 10 heavy (non-hydrogen) atoms. The Hall–Kier alpha value is -0.790. The van der Waals surface area contributed by atoms with E-state index in [0.717, 1.165) is 0 Å². The molecular formula is C8H9NO. The third kappa shape index (κ3) is 0.349. The van der Waals surface area contributed by atoms with Crippen molar-refractivity contribution >= 4 is 5.91 Å². The largest absolute Gasteiger partial charge is 0.352 e. The normalized spacial score (nSPS) is 54.2. The summed E-state index contributed by atoms with van der Waals surface area (Å²) in [6.07, 6.45) is 5.68. The monoisotopic (exact) mass is 135 g/mol. The highest BCUT2D eigenvalue weighted by Crippen LogP contribution is 2.47. The quantitative estimate of drug-likeness (QED) is 0.376. The maximum atomic E-state index is 11.0. The number of amides is 1. The predicted octanol–water partition coefficient (Wildman–Crippen LogP) is 0.307. The lowest BCUT2D eigenvalue weighted by atomic mass is 9.82. The van der Waals surface area contributed by atoms with Crippen molar-refractivity contribution < 1.29 is 4.79 Å². The van der Waals surface area contributed by atoms with E-state index in [1.807, 2.05) is 0 Å². The third-order valence-corrected chi connectivity index (χ3v) is 3.07. The molecule has 1 saturated carbocycles. The first-order chi connectivity index (χ1) is 4.86. The van der Waals surface area contributed by atoms with Crippen LogP contribution in [-0.4, -0.2) is 11.9 Å². The van der Waals surface area contributed by atoms with Crippen LogP contribution in [0.2, 0.25) is 0 Å². The van der Waals surface area contributed by atoms with Crippen molar-refractivity contribution in [1.82, 2.24) is 5.32 Å². The third-order valence-electron chi connectivity index (χ3n) is 3.07. The van der Waals surface area contributed by atoms with E-state index in [4.69, 9.17) is 0 Å². The highest BCUT2D eigenvalue weighted by Gasteiger charge is 2.54. The van der Waals surface area contributed by atoms with Gasteiger partial charge >= 0.3 is 0 Å². The molecule has 0 aromatic carbocycles. The summed E-state index contributed by atoms with van der Waals surface area (Å²) < 4.78 is 0. The molecule has 3 aliphatic rings. The van der Waals surface area contributed by atoms with Crippen molar-refractivity contribution in [1.29, 1.82) is 0 Å². The van der Waals surface area contributed by atoms with Crippen LogP contribution in [0.5, 0.6) is 0 Å². The fraction of sp³-hybridized carbons (Fsp3) is 0.625. The maximum Gasteiger partial charge on any atom is 0.226 e. The molecule has 0 aromatic rings. The summed E-state index contributed by atoms with van der Waals surface area (Å²) in [7, 11) is 0. The second-order valence-electron chi connectivity index (χ2n) is 3.51. The molecule has 2 bridgehead atoms. The number of hydrogen-bond donors (Lipinski definition) is 1. The predicted molar refractivity (Wildman–Crippen MR) is 36.2 cm³/mol. The molecule has 1 amide bonds. The van der Waals surface area contributed by atoms with Gasteiger partial charge in [0.15, 0.2) is 0 Å². The van der Waals surface area contributed by atoms with Crippen LogP contribution < -0.4 is 5.32 Å².